The van der Waals surface area contributed by atoms with E-state index in [9.17, 15) is 4.79 Å². The number of amides is 1. The Hall–Kier alpha value is -4.43. The number of ether oxygens (including phenoxy) is 1. The second-order valence-corrected chi connectivity index (χ2v) is 8.11. The third kappa shape index (κ3) is 5.07. The first kappa shape index (κ1) is 22.4. The van der Waals surface area contributed by atoms with Crippen LogP contribution in [0.4, 0.5) is 17.2 Å². The molecule has 0 spiro atoms. The molecule has 1 aliphatic rings. The zero-order chi connectivity index (χ0) is 24.0. The highest BCUT2D eigenvalue weighted by molar-refractivity contribution is 6.07. The van der Waals surface area contributed by atoms with Crippen LogP contribution in [-0.2, 0) is 0 Å². The van der Waals surface area contributed by atoms with Gasteiger partial charge in [0.25, 0.3) is 5.91 Å². The van der Waals surface area contributed by atoms with Crippen molar-refractivity contribution >= 4 is 23.1 Å². The summed E-state index contributed by atoms with van der Waals surface area (Å²) < 4.78 is 6.06. The maximum absolute atomic E-state index is 13.3. The molecule has 0 aliphatic carbocycles. The highest BCUT2D eigenvalue weighted by Gasteiger charge is 2.20. The van der Waals surface area contributed by atoms with Gasteiger partial charge in [-0.05, 0) is 36.4 Å². The van der Waals surface area contributed by atoms with Gasteiger partial charge in [-0.1, -0.05) is 42.5 Å². The van der Waals surface area contributed by atoms with Crippen molar-refractivity contribution in [2.45, 2.75) is 0 Å². The van der Waals surface area contributed by atoms with Crippen LogP contribution < -0.4 is 26.0 Å². The molecule has 0 unspecified atom stereocenters. The lowest BCUT2D eigenvalue weighted by molar-refractivity contribution is 0.102. The maximum atomic E-state index is 13.3. The minimum absolute atomic E-state index is 0.0622. The molecule has 4 aromatic rings. The van der Waals surface area contributed by atoms with Crippen LogP contribution in [-0.4, -0.2) is 42.1 Å². The fourth-order valence-electron chi connectivity index (χ4n) is 4.02. The predicted molar refractivity (Wildman–Crippen MR) is 138 cm³/mol. The van der Waals surface area contributed by atoms with Crippen LogP contribution in [0.15, 0.2) is 85.1 Å². The van der Waals surface area contributed by atoms with Crippen molar-refractivity contribution in [3.05, 3.63) is 90.8 Å². The number of hydrogen-bond acceptors (Lipinski definition) is 7. The summed E-state index contributed by atoms with van der Waals surface area (Å²) in [5.41, 5.74) is 9.01. The van der Waals surface area contributed by atoms with Crippen molar-refractivity contribution in [2.24, 2.45) is 0 Å². The first-order valence-electron chi connectivity index (χ1n) is 11.5. The summed E-state index contributed by atoms with van der Waals surface area (Å²) in [6.45, 7) is 3.52. The largest absolute Gasteiger partial charge is 0.457 e. The SMILES string of the molecule is Nc1ncc(-c2ccccc2Oc2ccccc2)nc1C(=O)Nc1ccccc1N1CCNCC1. The number of para-hydroxylation sites is 4. The lowest BCUT2D eigenvalue weighted by Crippen LogP contribution is -2.43. The van der Waals surface area contributed by atoms with E-state index in [4.69, 9.17) is 10.5 Å². The number of aromatic nitrogens is 2. The average molecular weight is 467 g/mol. The summed E-state index contributed by atoms with van der Waals surface area (Å²) in [5.74, 6) is 0.951. The Morgan fingerprint density at radius 2 is 1.66 bits per heavy atom. The number of nitrogens with zero attached hydrogens (tertiary/aromatic N) is 3. The summed E-state index contributed by atoms with van der Waals surface area (Å²) in [6.07, 6.45) is 1.55. The van der Waals surface area contributed by atoms with Crippen LogP contribution in [0.1, 0.15) is 10.5 Å². The van der Waals surface area contributed by atoms with Gasteiger partial charge in [0.1, 0.15) is 11.5 Å². The molecule has 1 amide bonds. The molecule has 1 saturated heterocycles. The molecule has 0 bridgehead atoms. The number of hydrogen-bond donors (Lipinski definition) is 3. The van der Waals surface area contributed by atoms with Crippen LogP contribution in [0.25, 0.3) is 11.3 Å². The number of rotatable bonds is 6. The Bertz CT molecular complexity index is 1320. The molecule has 1 aliphatic heterocycles. The van der Waals surface area contributed by atoms with E-state index in [1.807, 2.05) is 78.9 Å². The first-order chi connectivity index (χ1) is 17.2. The number of benzene rings is 3. The monoisotopic (exact) mass is 466 g/mol. The van der Waals surface area contributed by atoms with Gasteiger partial charge in [0.15, 0.2) is 11.5 Å². The molecule has 3 aromatic carbocycles. The maximum Gasteiger partial charge on any atom is 0.278 e. The molecule has 8 heteroatoms. The molecule has 0 radical (unpaired) electrons. The lowest BCUT2D eigenvalue weighted by Gasteiger charge is -2.31. The second kappa shape index (κ2) is 10.2. The van der Waals surface area contributed by atoms with E-state index in [2.05, 4.69) is 25.5 Å². The van der Waals surface area contributed by atoms with Crippen molar-refractivity contribution in [1.29, 1.82) is 0 Å². The smallest absolute Gasteiger partial charge is 0.278 e. The number of carbonyl (C=O) groups is 1. The van der Waals surface area contributed by atoms with Crippen LogP contribution in [0.3, 0.4) is 0 Å². The van der Waals surface area contributed by atoms with Crippen molar-refractivity contribution < 1.29 is 9.53 Å². The molecular formula is C27H26N6O2. The summed E-state index contributed by atoms with van der Waals surface area (Å²) in [4.78, 5) is 24.4. The zero-order valence-corrected chi connectivity index (χ0v) is 19.1. The number of piperazine rings is 1. The molecule has 4 N–H and O–H groups in total. The number of nitrogen functional groups attached to an aromatic ring is 1. The number of carbonyl (C=O) groups excluding carboxylic acids is 1. The summed E-state index contributed by atoms with van der Waals surface area (Å²) in [6, 6.07) is 24.7. The molecule has 8 nitrogen and oxygen atoms in total. The zero-order valence-electron chi connectivity index (χ0n) is 19.1. The number of nitrogens with one attached hydrogen (secondary N) is 2. The third-order valence-electron chi connectivity index (χ3n) is 5.76. The molecule has 5 rings (SSSR count). The minimum atomic E-state index is -0.416. The summed E-state index contributed by atoms with van der Waals surface area (Å²) >= 11 is 0. The van der Waals surface area contributed by atoms with Crippen LogP contribution in [0.5, 0.6) is 11.5 Å². The fourth-order valence-corrected chi connectivity index (χ4v) is 4.02. The fraction of sp³-hybridized carbons (Fsp3) is 0.148. The number of anilines is 3. The van der Waals surface area contributed by atoms with Crippen molar-refractivity contribution in [3.63, 3.8) is 0 Å². The lowest BCUT2D eigenvalue weighted by atomic mass is 10.1. The molecule has 1 aromatic heterocycles. The molecule has 176 valence electrons. The number of nitrogens with two attached hydrogens (primary N) is 1. The van der Waals surface area contributed by atoms with Crippen LogP contribution in [0.2, 0.25) is 0 Å². The van der Waals surface area contributed by atoms with Gasteiger partial charge in [0, 0.05) is 31.7 Å². The highest BCUT2D eigenvalue weighted by atomic mass is 16.5. The van der Waals surface area contributed by atoms with Crippen LogP contribution >= 0.6 is 0 Å². The van der Waals surface area contributed by atoms with E-state index < -0.39 is 5.91 Å². The molecule has 0 saturated carbocycles. The third-order valence-corrected chi connectivity index (χ3v) is 5.76. The van der Waals surface area contributed by atoms with E-state index >= 15 is 0 Å². The van der Waals surface area contributed by atoms with Gasteiger partial charge in [0.05, 0.1) is 23.3 Å². The minimum Gasteiger partial charge on any atom is -0.457 e. The van der Waals surface area contributed by atoms with Crippen molar-refractivity contribution in [2.75, 3.05) is 42.1 Å². The predicted octanol–water partition coefficient (Wildman–Crippen LogP) is 4.18. The van der Waals surface area contributed by atoms with Crippen molar-refractivity contribution in [3.8, 4) is 22.8 Å². The van der Waals surface area contributed by atoms with Gasteiger partial charge in [-0.3, -0.25) is 4.79 Å². The highest BCUT2D eigenvalue weighted by Crippen LogP contribution is 2.33. The topological polar surface area (TPSA) is 105 Å². The Balaban J connectivity index is 1.43. The van der Waals surface area contributed by atoms with Gasteiger partial charge < -0.3 is 26.0 Å². The van der Waals surface area contributed by atoms with Crippen LogP contribution in [0, 0.1) is 0 Å². The van der Waals surface area contributed by atoms with E-state index in [1.165, 1.54) is 0 Å². The van der Waals surface area contributed by atoms with E-state index in [-0.39, 0.29) is 11.5 Å². The average Bonchev–Trinajstić information content (AvgIpc) is 2.91. The van der Waals surface area contributed by atoms with E-state index in [0.29, 0.717) is 28.4 Å². The normalized spacial score (nSPS) is 13.3. The Morgan fingerprint density at radius 3 is 2.49 bits per heavy atom. The molecule has 0 atom stereocenters. The Morgan fingerprint density at radius 1 is 0.943 bits per heavy atom. The Labute approximate surface area is 203 Å². The van der Waals surface area contributed by atoms with Gasteiger partial charge in [-0.25, -0.2) is 9.97 Å². The summed E-state index contributed by atoms with van der Waals surface area (Å²) in [5, 5.41) is 6.33. The van der Waals surface area contributed by atoms with Gasteiger partial charge in [-0.2, -0.15) is 0 Å². The van der Waals surface area contributed by atoms with Gasteiger partial charge in [-0.15, -0.1) is 0 Å². The standard InChI is InChI=1S/C27H26N6O2/c28-26-25(27(34)32-21-11-5-6-12-23(21)33-16-14-29-15-17-33)31-22(18-30-26)20-10-4-7-13-24(20)35-19-8-2-1-3-9-19/h1-13,18,29H,14-17H2,(H2,28,30)(H,32,34). The molecule has 1 fully saturated rings. The second-order valence-electron chi connectivity index (χ2n) is 8.11. The van der Waals surface area contributed by atoms with Gasteiger partial charge >= 0.3 is 0 Å². The van der Waals surface area contributed by atoms with E-state index in [1.54, 1.807) is 6.20 Å². The quantitative estimate of drug-likeness (QED) is 0.391. The Kier molecular flexibility index (Phi) is 6.54. The van der Waals surface area contributed by atoms with Crippen molar-refractivity contribution in [1.82, 2.24) is 15.3 Å². The van der Waals surface area contributed by atoms with Gasteiger partial charge in [0.2, 0.25) is 0 Å². The molecule has 35 heavy (non-hydrogen) atoms. The molecular weight excluding hydrogens is 440 g/mol. The van der Waals surface area contributed by atoms with E-state index in [0.717, 1.165) is 31.9 Å². The first-order valence-corrected chi connectivity index (χ1v) is 11.5. The summed E-state index contributed by atoms with van der Waals surface area (Å²) in [7, 11) is 0. The molecule has 2 heterocycles.